The van der Waals surface area contributed by atoms with Crippen LogP contribution in [0.2, 0.25) is 10.0 Å². The Labute approximate surface area is 135 Å². The molecule has 0 unspecified atom stereocenters. The Balaban J connectivity index is 1.96. The third-order valence-corrected chi connectivity index (χ3v) is 4.97. The van der Waals surface area contributed by atoms with Crippen molar-refractivity contribution < 1.29 is 0 Å². The normalized spacial score (nSPS) is 12.9. The van der Waals surface area contributed by atoms with Crippen LogP contribution in [-0.2, 0) is 5.75 Å². The van der Waals surface area contributed by atoms with Crippen molar-refractivity contribution >= 4 is 35.0 Å². The highest BCUT2D eigenvalue weighted by atomic mass is 35.5. The summed E-state index contributed by atoms with van der Waals surface area (Å²) < 4.78 is 2.07. The molecule has 0 fully saturated rings. The molecule has 0 atom stereocenters. The molecule has 1 aliphatic heterocycles. The maximum Gasteiger partial charge on any atom is 0.170 e. The average Bonchev–Trinajstić information content (AvgIpc) is 2.91. The Kier molecular flexibility index (Phi) is 3.17. The summed E-state index contributed by atoms with van der Waals surface area (Å²) in [4.78, 5) is 1.22. The van der Waals surface area contributed by atoms with E-state index in [1.807, 2.05) is 24.3 Å². The zero-order valence-electron chi connectivity index (χ0n) is 10.8. The van der Waals surface area contributed by atoms with Crippen LogP contribution < -0.4 is 0 Å². The van der Waals surface area contributed by atoms with Crippen molar-refractivity contribution in [1.29, 1.82) is 0 Å². The predicted octanol–water partition coefficient (Wildman–Crippen LogP) is 4.85. The number of thioether (sulfide) groups is 1. The molecule has 0 bridgehead atoms. The SMILES string of the molecule is Clc1ccc(-c2nnc3n2-c2ccccc2SC3)c(Cl)c1. The molecule has 2 aromatic carbocycles. The first-order valence-electron chi connectivity index (χ1n) is 6.36. The smallest absolute Gasteiger partial charge is 0.170 e. The molecule has 0 radical (unpaired) electrons. The quantitative estimate of drug-likeness (QED) is 0.637. The molecule has 0 amide bonds. The number of rotatable bonds is 1. The molecule has 0 spiro atoms. The summed E-state index contributed by atoms with van der Waals surface area (Å²) in [7, 11) is 0. The minimum Gasteiger partial charge on any atom is -0.277 e. The van der Waals surface area contributed by atoms with E-state index in [1.54, 1.807) is 17.8 Å². The molecule has 0 aliphatic carbocycles. The van der Waals surface area contributed by atoms with Crippen molar-refractivity contribution in [2.75, 3.05) is 0 Å². The molecule has 3 aromatic rings. The molecular weight excluding hydrogens is 325 g/mol. The Hall–Kier alpha value is -1.49. The van der Waals surface area contributed by atoms with Crippen molar-refractivity contribution in [2.24, 2.45) is 0 Å². The zero-order valence-corrected chi connectivity index (χ0v) is 13.1. The summed E-state index contributed by atoms with van der Waals surface area (Å²) >= 11 is 14.1. The van der Waals surface area contributed by atoms with Gasteiger partial charge in [0.25, 0.3) is 0 Å². The Morgan fingerprint density at radius 2 is 1.90 bits per heavy atom. The van der Waals surface area contributed by atoms with Gasteiger partial charge in [-0.1, -0.05) is 35.3 Å². The van der Waals surface area contributed by atoms with Crippen molar-refractivity contribution in [3.05, 3.63) is 58.3 Å². The van der Waals surface area contributed by atoms with Crippen molar-refractivity contribution in [2.45, 2.75) is 10.6 Å². The highest BCUT2D eigenvalue weighted by Gasteiger charge is 2.23. The van der Waals surface area contributed by atoms with Gasteiger partial charge in [0.15, 0.2) is 5.82 Å². The van der Waals surface area contributed by atoms with Gasteiger partial charge in [-0.25, -0.2) is 0 Å². The monoisotopic (exact) mass is 333 g/mol. The topological polar surface area (TPSA) is 30.7 Å². The Morgan fingerprint density at radius 1 is 1.05 bits per heavy atom. The lowest BCUT2D eigenvalue weighted by Crippen LogP contribution is -2.07. The van der Waals surface area contributed by atoms with E-state index in [4.69, 9.17) is 23.2 Å². The van der Waals surface area contributed by atoms with E-state index >= 15 is 0 Å². The zero-order chi connectivity index (χ0) is 14.4. The third-order valence-electron chi connectivity index (χ3n) is 3.37. The van der Waals surface area contributed by atoms with E-state index < -0.39 is 0 Å². The van der Waals surface area contributed by atoms with Gasteiger partial charge in [0.2, 0.25) is 0 Å². The number of halogens is 2. The fraction of sp³-hybridized carbons (Fsp3) is 0.0667. The average molecular weight is 334 g/mol. The second-order valence-electron chi connectivity index (χ2n) is 4.66. The summed E-state index contributed by atoms with van der Waals surface area (Å²) in [6, 6.07) is 13.7. The fourth-order valence-corrected chi connectivity index (χ4v) is 3.86. The third kappa shape index (κ3) is 2.14. The van der Waals surface area contributed by atoms with Gasteiger partial charge in [-0.05, 0) is 30.3 Å². The second-order valence-corrected chi connectivity index (χ2v) is 6.52. The first kappa shape index (κ1) is 13.2. The van der Waals surface area contributed by atoms with Gasteiger partial charge in [0.05, 0.1) is 16.5 Å². The summed E-state index contributed by atoms with van der Waals surface area (Å²) in [6.07, 6.45) is 0. The molecule has 1 aliphatic rings. The second kappa shape index (κ2) is 5.05. The summed E-state index contributed by atoms with van der Waals surface area (Å²) in [5, 5.41) is 9.81. The van der Waals surface area contributed by atoms with E-state index in [9.17, 15) is 0 Å². The van der Waals surface area contributed by atoms with Crippen molar-refractivity contribution in [3.8, 4) is 17.1 Å². The van der Waals surface area contributed by atoms with Gasteiger partial charge in [0, 0.05) is 15.5 Å². The standard InChI is InChI=1S/C15H9Cl2N3S/c16-9-5-6-10(11(17)7-9)15-19-18-14-8-21-13-4-2-1-3-12(13)20(14)15/h1-7H,8H2. The summed E-state index contributed by atoms with van der Waals surface area (Å²) in [6.45, 7) is 0. The number of aromatic nitrogens is 3. The van der Waals surface area contributed by atoms with E-state index in [2.05, 4.69) is 26.9 Å². The molecule has 0 saturated heterocycles. The molecule has 104 valence electrons. The number of fused-ring (bicyclic) bond motifs is 3. The fourth-order valence-electron chi connectivity index (χ4n) is 2.41. The van der Waals surface area contributed by atoms with Crippen LogP contribution in [0.3, 0.4) is 0 Å². The van der Waals surface area contributed by atoms with Crippen molar-refractivity contribution in [1.82, 2.24) is 14.8 Å². The van der Waals surface area contributed by atoms with Crippen LogP contribution in [0, 0.1) is 0 Å². The van der Waals surface area contributed by atoms with E-state index in [1.165, 1.54) is 4.90 Å². The number of nitrogens with zero attached hydrogens (tertiary/aromatic N) is 3. The lowest BCUT2D eigenvalue weighted by atomic mass is 10.2. The van der Waals surface area contributed by atoms with E-state index in [-0.39, 0.29) is 0 Å². The molecule has 1 aromatic heterocycles. The van der Waals surface area contributed by atoms with Crippen LogP contribution in [0.1, 0.15) is 5.82 Å². The number of benzene rings is 2. The molecule has 6 heteroatoms. The van der Waals surface area contributed by atoms with Gasteiger partial charge in [0.1, 0.15) is 5.82 Å². The lowest BCUT2D eigenvalue weighted by molar-refractivity contribution is 0.923. The van der Waals surface area contributed by atoms with E-state index in [0.717, 1.165) is 28.7 Å². The Bertz CT molecular complexity index is 845. The lowest BCUT2D eigenvalue weighted by Gasteiger charge is -2.19. The van der Waals surface area contributed by atoms with Crippen LogP contribution in [0.4, 0.5) is 0 Å². The van der Waals surface area contributed by atoms with E-state index in [0.29, 0.717) is 10.0 Å². The number of hydrogen-bond donors (Lipinski definition) is 0. The molecule has 21 heavy (non-hydrogen) atoms. The largest absolute Gasteiger partial charge is 0.277 e. The van der Waals surface area contributed by atoms with Crippen LogP contribution in [0.5, 0.6) is 0 Å². The Morgan fingerprint density at radius 3 is 2.76 bits per heavy atom. The molecule has 0 N–H and O–H groups in total. The number of hydrogen-bond acceptors (Lipinski definition) is 3. The molecule has 0 saturated carbocycles. The summed E-state index contributed by atoms with van der Waals surface area (Å²) in [5.74, 6) is 2.48. The minimum atomic E-state index is 0.577. The maximum absolute atomic E-state index is 6.32. The predicted molar refractivity (Wildman–Crippen MR) is 86.4 cm³/mol. The maximum atomic E-state index is 6.32. The van der Waals surface area contributed by atoms with Gasteiger partial charge in [-0.3, -0.25) is 4.57 Å². The van der Waals surface area contributed by atoms with Gasteiger partial charge < -0.3 is 0 Å². The van der Waals surface area contributed by atoms with Crippen LogP contribution in [-0.4, -0.2) is 14.8 Å². The van der Waals surface area contributed by atoms with Gasteiger partial charge >= 0.3 is 0 Å². The molecular formula is C15H9Cl2N3S. The van der Waals surface area contributed by atoms with Gasteiger partial charge in [-0.15, -0.1) is 22.0 Å². The minimum absolute atomic E-state index is 0.577. The summed E-state index contributed by atoms with van der Waals surface area (Å²) in [5.41, 5.74) is 1.93. The molecule has 3 nitrogen and oxygen atoms in total. The van der Waals surface area contributed by atoms with Crippen LogP contribution >= 0.6 is 35.0 Å². The highest BCUT2D eigenvalue weighted by Crippen LogP contribution is 2.38. The highest BCUT2D eigenvalue weighted by molar-refractivity contribution is 7.98. The molecule has 4 rings (SSSR count). The van der Waals surface area contributed by atoms with Gasteiger partial charge in [-0.2, -0.15) is 0 Å². The first-order valence-corrected chi connectivity index (χ1v) is 8.10. The molecule has 2 heterocycles. The van der Waals surface area contributed by atoms with Crippen molar-refractivity contribution in [3.63, 3.8) is 0 Å². The van der Waals surface area contributed by atoms with Crippen LogP contribution in [0.15, 0.2) is 47.4 Å². The van der Waals surface area contributed by atoms with Crippen LogP contribution in [0.25, 0.3) is 17.1 Å². The number of para-hydroxylation sites is 1. The first-order chi connectivity index (χ1) is 10.2.